The van der Waals surface area contributed by atoms with Gasteiger partial charge in [0.25, 0.3) is 0 Å². The van der Waals surface area contributed by atoms with E-state index in [9.17, 15) is 0 Å². The van der Waals surface area contributed by atoms with Crippen LogP contribution in [0, 0.1) is 0 Å². The molecule has 0 unspecified atom stereocenters. The van der Waals surface area contributed by atoms with E-state index in [4.69, 9.17) is 9.31 Å². The zero-order valence-electron chi connectivity index (χ0n) is 13.2. The maximum Gasteiger partial charge on any atom is 0.494 e. The second kappa shape index (κ2) is 4.36. The molecule has 3 heteroatoms. The van der Waals surface area contributed by atoms with Gasteiger partial charge in [-0.3, -0.25) is 0 Å². The third-order valence-corrected chi connectivity index (χ3v) is 4.28. The van der Waals surface area contributed by atoms with E-state index in [1.165, 1.54) is 5.56 Å². The van der Waals surface area contributed by atoms with Gasteiger partial charge in [0.15, 0.2) is 0 Å². The molecule has 0 amide bonds. The highest BCUT2D eigenvalue weighted by molar-refractivity contribution is 6.62. The van der Waals surface area contributed by atoms with E-state index in [1.54, 1.807) is 0 Å². The molecule has 0 aromatic heterocycles. The van der Waals surface area contributed by atoms with Gasteiger partial charge >= 0.3 is 7.12 Å². The van der Waals surface area contributed by atoms with Crippen LogP contribution in [-0.2, 0) is 14.7 Å². The largest absolute Gasteiger partial charge is 0.494 e. The van der Waals surface area contributed by atoms with E-state index in [1.807, 2.05) is 0 Å². The monoisotopic (exact) mass is 260 g/mol. The molecule has 1 aromatic rings. The minimum atomic E-state index is -0.282. The van der Waals surface area contributed by atoms with Gasteiger partial charge < -0.3 is 9.31 Å². The van der Waals surface area contributed by atoms with Crippen LogP contribution in [-0.4, -0.2) is 18.3 Å². The van der Waals surface area contributed by atoms with Crippen LogP contribution in [0.4, 0.5) is 0 Å². The van der Waals surface area contributed by atoms with E-state index >= 15 is 0 Å². The lowest BCUT2D eigenvalue weighted by Crippen LogP contribution is -2.41. The van der Waals surface area contributed by atoms with Crippen molar-refractivity contribution < 1.29 is 9.31 Å². The van der Waals surface area contributed by atoms with Crippen LogP contribution in [0.5, 0.6) is 0 Å². The Bertz CT molecular complexity index is 456. The number of hydrogen-bond acceptors (Lipinski definition) is 2. The van der Waals surface area contributed by atoms with Crippen LogP contribution in [0.25, 0.3) is 0 Å². The average Bonchev–Trinajstić information content (AvgIpc) is 2.47. The van der Waals surface area contributed by atoms with Gasteiger partial charge in [-0.15, -0.1) is 0 Å². The van der Waals surface area contributed by atoms with Crippen molar-refractivity contribution in [2.24, 2.45) is 0 Å². The fraction of sp³-hybridized carbons (Fsp3) is 0.625. The van der Waals surface area contributed by atoms with Crippen LogP contribution < -0.4 is 5.46 Å². The molecule has 0 atom stereocenters. The highest BCUT2D eigenvalue weighted by atomic mass is 16.7. The zero-order valence-corrected chi connectivity index (χ0v) is 13.2. The highest BCUT2D eigenvalue weighted by Gasteiger charge is 2.51. The first-order valence-electron chi connectivity index (χ1n) is 6.99. The molecule has 104 valence electrons. The minimum Gasteiger partial charge on any atom is -0.399 e. The third kappa shape index (κ3) is 2.73. The zero-order chi connectivity index (χ0) is 14.5. The molecule has 2 nitrogen and oxygen atoms in total. The number of rotatable bonds is 1. The summed E-state index contributed by atoms with van der Waals surface area (Å²) in [6, 6.07) is 8.52. The molecule has 0 saturated carbocycles. The van der Waals surface area contributed by atoms with E-state index < -0.39 is 0 Å². The molecular weight excluding hydrogens is 235 g/mol. The van der Waals surface area contributed by atoms with E-state index in [0.29, 0.717) is 0 Å². The third-order valence-electron chi connectivity index (χ3n) is 4.28. The molecule has 1 fully saturated rings. The topological polar surface area (TPSA) is 18.5 Å². The maximum absolute atomic E-state index is 6.10. The lowest BCUT2D eigenvalue weighted by atomic mass is 9.75. The SMILES string of the molecule is CC(C)(C)c1cccc(B2OC(C)(C)C(C)(C)O2)c1. The van der Waals surface area contributed by atoms with Crippen LogP contribution in [0.15, 0.2) is 24.3 Å². The Balaban J connectivity index is 2.30. The summed E-state index contributed by atoms with van der Waals surface area (Å²) in [5, 5.41) is 0. The summed E-state index contributed by atoms with van der Waals surface area (Å²) in [7, 11) is -0.271. The van der Waals surface area contributed by atoms with E-state index in [-0.39, 0.29) is 23.7 Å². The Morgan fingerprint density at radius 3 is 1.95 bits per heavy atom. The predicted molar refractivity (Wildman–Crippen MR) is 80.9 cm³/mol. The summed E-state index contributed by atoms with van der Waals surface area (Å²) in [5.41, 5.74) is 1.98. The van der Waals surface area contributed by atoms with Gasteiger partial charge in [-0.2, -0.15) is 0 Å². The molecule has 0 N–H and O–H groups in total. The van der Waals surface area contributed by atoms with Gasteiger partial charge in [0, 0.05) is 0 Å². The lowest BCUT2D eigenvalue weighted by Gasteiger charge is -2.32. The summed E-state index contributed by atoms with van der Waals surface area (Å²) in [5.74, 6) is 0. The quantitative estimate of drug-likeness (QED) is 0.721. The Labute approximate surface area is 117 Å². The standard InChI is InChI=1S/C16H25BO2/c1-14(2,3)12-9-8-10-13(11-12)17-18-15(4,5)16(6,7)19-17/h8-11H,1-7H3. The van der Waals surface area contributed by atoms with Gasteiger partial charge in [-0.25, -0.2) is 0 Å². The molecule has 0 bridgehead atoms. The summed E-state index contributed by atoms with van der Waals surface area (Å²) in [4.78, 5) is 0. The average molecular weight is 260 g/mol. The van der Waals surface area contributed by atoms with Gasteiger partial charge in [0.05, 0.1) is 11.2 Å². The molecular formula is C16H25BO2. The van der Waals surface area contributed by atoms with Crippen LogP contribution >= 0.6 is 0 Å². The molecule has 0 radical (unpaired) electrons. The summed E-state index contributed by atoms with van der Waals surface area (Å²) in [6.07, 6.45) is 0. The molecule has 19 heavy (non-hydrogen) atoms. The lowest BCUT2D eigenvalue weighted by molar-refractivity contribution is 0.00578. The van der Waals surface area contributed by atoms with Crippen molar-refractivity contribution in [1.82, 2.24) is 0 Å². The van der Waals surface area contributed by atoms with Crippen LogP contribution in [0.2, 0.25) is 0 Å². The molecule has 1 saturated heterocycles. The van der Waals surface area contributed by atoms with Crippen molar-refractivity contribution >= 4 is 12.6 Å². The Kier molecular flexibility index (Phi) is 3.35. The molecule has 2 rings (SSSR count). The van der Waals surface area contributed by atoms with Crippen molar-refractivity contribution in [3.05, 3.63) is 29.8 Å². The number of benzene rings is 1. The normalized spacial score (nSPS) is 21.7. The van der Waals surface area contributed by atoms with Gasteiger partial charge in [0.2, 0.25) is 0 Å². The fourth-order valence-corrected chi connectivity index (χ4v) is 2.13. The van der Waals surface area contributed by atoms with Crippen molar-refractivity contribution in [3.63, 3.8) is 0 Å². The maximum atomic E-state index is 6.10. The summed E-state index contributed by atoms with van der Waals surface area (Å²) < 4.78 is 12.2. The van der Waals surface area contributed by atoms with E-state index in [2.05, 4.69) is 72.7 Å². The van der Waals surface area contributed by atoms with Crippen LogP contribution in [0.1, 0.15) is 54.0 Å². The van der Waals surface area contributed by atoms with Crippen molar-refractivity contribution in [2.45, 2.75) is 65.1 Å². The highest BCUT2D eigenvalue weighted by Crippen LogP contribution is 2.36. The summed E-state index contributed by atoms with van der Waals surface area (Å²) in [6.45, 7) is 15.0. The minimum absolute atomic E-state index is 0.139. The molecule has 1 heterocycles. The molecule has 0 spiro atoms. The van der Waals surface area contributed by atoms with E-state index in [0.717, 1.165) is 5.46 Å². The van der Waals surface area contributed by atoms with Gasteiger partial charge in [-0.1, -0.05) is 45.0 Å². The van der Waals surface area contributed by atoms with Crippen LogP contribution in [0.3, 0.4) is 0 Å². The van der Waals surface area contributed by atoms with Gasteiger partial charge in [0.1, 0.15) is 0 Å². The van der Waals surface area contributed by atoms with Crippen molar-refractivity contribution in [1.29, 1.82) is 0 Å². The first-order chi connectivity index (χ1) is 8.53. The Morgan fingerprint density at radius 2 is 1.47 bits per heavy atom. The first-order valence-corrected chi connectivity index (χ1v) is 6.99. The molecule has 1 aliphatic heterocycles. The molecule has 1 aliphatic rings. The Morgan fingerprint density at radius 1 is 0.947 bits per heavy atom. The molecule has 1 aromatic carbocycles. The van der Waals surface area contributed by atoms with Gasteiger partial charge in [-0.05, 0) is 44.1 Å². The molecule has 0 aliphatic carbocycles. The number of hydrogen-bond donors (Lipinski definition) is 0. The second-order valence-electron chi connectivity index (χ2n) is 7.46. The van der Waals surface area contributed by atoms with Crippen molar-refractivity contribution in [3.8, 4) is 0 Å². The Hall–Kier alpha value is -0.795. The van der Waals surface area contributed by atoms with Crippen molar-refractivity contribution in [2.75, 3.05) is 0 Å². The summed E-state index contributed by atoms with van der Waals surface area (Å²) >= 11 is 0. The fourth-order valence-electron chi connectivity index (χ4n) is 2.13. The predicted octanol–water partition coefficient (Wildman–Crippen LogP) is 3.28. The second-order valence-corrected chi connectivity index (χ2v) is 7.46. The smallest absolute Gasteiger partial charge is 0.399 e. The first kappa shape index (κ1) is 14.6.